The van der Waals surface area contributed by atoms with Crippen LogP contribution in [0.15, 0.2) is 77.2 Å². The fourth-order valence-corrected chi connectivity index (χ4v) is 3.22. The smallest absolute Gasteiger partial charge is 0.226 e. The van der Waals surface area contributed by atoms with Gasteiger partial charge in [0.15, 0.2) is 11.6 Å². The zero-order valence-corrected chi connectivity index (χ0v) is 14.3. The molecular formula is C21H12ClN3O. The standard InChI is InChI=1S/C21H12ClN3O/c22-21-24-19(13-6-2-1-3-7-13)23-20(25-21)14-10-11-16-15-8-4-5-9-17(15)26-18(16)12-14/h1-12H. The Morgan fingerprint density at radius 1 is 0.615 bits per heavy atom. The third-order valence-corrected chi connectivity index (χ3v) is 4.45. The Kier molecular flexibility index (Phi) is 3.43. The largest absolute Gasteiger partial charge is 0.456 e. The van der Waals surface area contributed by atoms with E-state index in [0.29, 0.717) is 11.6 Å². The number of furan rings is 1. The number of para-hydroxylation sites is 1. The molecule has 0 aliphatic carbocycles. The van der Waals surface area contributed by atoms with Gasteiger partial charge < -0.3 is 4.42 Å². The summed E-state index contributed by atoms with van der Waals surface area (Å²) in [7, 11) is 0. The normalized spacial score (nSPS) is 11.3. The van der Waals surface area contributed by atoms with Crippen LogP contribution in [0.1, 0.15) is 0 Å². The number of nitrogens with zero attached hydrogens (tertiary/aromatic N) is 3. The lowest BCUT2D eigenvalue weighted by Gasteiger charge is -2.04. The van der Waals surface area contributed by atoms with Crippen LogP contribution in [-0.4, -0.2) is 15.0 Å². The van der Waals surface area contributed by atoms with Gasteiger partial charge in [-0.25, -0.2) is 4.98 Å². The van der Waals surface area contributed by atoms with Crippen molar-refractivity contribution < 1.29 is 4.42 Å². The number of hydrogen-bond acceptors (Lipinski definition) is 4. The first-order valence-electron chi connectivity index (χ1n) is 8.16. The molecule has 0 spiro atoms. The van der Waals surface area contributed by atoms with Gasteiger partial charge in [0, 0.05) is 21.9 Å². The van der Waals surface area contributed by atoms with Crippen LogP contribution in [0.25, 0.3) is 44.7 Å². The molecule has 5 heteroatoms. The van der Waals surface area contributed by atoms with E-state index in [2.05, 4.69) is 15.0 Å². The van der Waals surface area contributed by atoms with Crippen LogP contribution in [0.5, 0.6) is 0 Å². The van der Waals surface area contributed by atoms with Gasteiger partial charge in [0.25, 0.3) is 0 Å². The van der Waals surface area contributed by atoms with Crippen molar-refractivity contribution in [2.24, 2.45) is 0 Å². The molecule has 0 fully saturated rings. The van der Waals surface area contributed by atoms with Gasteiger partial charge in [-0.05, 0) is 29.8 Å². The van der Waals surface area contributed by atoms with E-state index in [9.17, 15) is 0 Å². The maximum Gasteiger partial charge on any atom is 0.226 e. The quantitative estimate of drug-likeness (QED) is 0.403. The van der Waals surface area contributed by atoms with Crippen molar-refractivity contribution in [3.8, 4) is 22.8 Å². The average Bonchev–Trinajstić information content (AvgIpc) is 3.06. The van der Waals surface area contributed by atoms with Gasteiger partial charge in [-0.3, -0.25) is 0 Å². The fraction of sp³-hybridized carbons (Fsp3) is 0. The summed E-state index contributed by atoms with van der Waals surface area (Å²) in [5, 5.41) is 2.32. The molecule has 5 rings (SSSR count). The molecular weight excluding hydrogens is 346 g/mol. The Hall–Kier alpha value is -3.24. The van der Waals surface area contributed by atoms with Crippen LogP contribution in [0, 0.1) is 0 Å². The van der Waals surface area contributed by atoms with Crippen molar-refractivity contribution in [3.05, 3.63) is 78.1 Å². The second-order valence-corrected chi connectivity index (χ2v) is 6.26. The highest BCUT2D eigenvalue weighted by atomic mass is 35.5. The number of halogens is 1. The van der Waals surface area contributed by atoms with Crippen LogP contribution < -0.4 is 0 Å². The minimum atomic E-state index is 0.165. The molecule has 5 aromatic rings. The van der Waals surface area contributed by atoms with Gasteiger partial charge in [0.1, 0.15) is 11.2 Å². The lowest BCUT2D eigenvalue weighted by atomic mass is 10.1. The Morgan fingerprint density at radius 3 is 2.15 bits per heavy atom. The van der Waals surface area contributed by atoms with E-state index in [-0.39, 0.29) is 5.28 Å². The lowest BCUT2D eigenvalue weighted by Crippen LogP contribution is -1.97. The molecule has 0 N–H and O–H groups in total. The molecule has 0 aliphatic heterocycles. The maximum absolute atomic E-state index is 6.15. The molecule has 0 amide bonds. The van der Waals surface area contributed by atoms with Gasteiger partial charge in [0.05, 0.1) is 0 Å². The summed E-state index contributed by atoms with van der Waals surface area (Å²) >= 11 is 6.15. The molecule has 124 valence electrons. The van der Waals surface area contributed by atoms with E-state index in [0.717, 1.165) is 33.1 Å². The Balaban J connectivity index is 1.67. The molecule has 4 nitrogen and oxygen atoms in total. The highest BCUT2D eigenvalue weighted by molar-refractivity contribution is 6.28. The van der Waals surface area contributed by atoms with Crippen LogP contribution in [-0.2, 0) is 0 Å². The topological polar surface area (TPSA) is 51.8 Å². The van der Waals surface area contributed by atoms with Gasteiger partial charge in [-0.1, -0.05) is 54.6 Å². The van der Waals surface area contributed by atoms with E-state index in [1.54, 1.807) is 0 Å². The molecule has 0 aliphatic rings. The third kappa shape index (κ3) is 2.52. The molecule has 0 unspecified atom stereocenters. The van der Waals surface area contributed by atoms with Crippen molar-refractivity contribution in [1.29, 1.82) is 0 Å². The summed E-state index contributed by atoms with van der Waals surface area (Å²) in [6.07, 6.45) is 0. The van der Waals surface area contributed by atoms with Crippen molar-refractivity contribution >= 4 is 33.5 Å². The van der Waals surface area contributed by atoms with E-state index >= 15 is 0 Å². The highest BCUT2D eigenvalue weighted by Crippen LogP contribution is 2.31. The molecule has 0 bridgehead atoms. The minimum Gasteiger partial charge on any atom is -0.456 e. The monoisotopic (exact) mass is 357 g/mol. The number of hydrogen-bond donors (Lipinski definition) is 0. The van der Waals surface area contributed by atoms with E-state index < -0.39 is 0 Å². The minimum absolute atomic E-state index is 0.165. The molecule has 0 saturated heterocycles. The average molecular weight is 358 g/mol. The number of rotatable bonds is 2. The molecule has 0 atom stereocenters. The second-order valence-electron chi connectivity index (χ2n) is 5.93. The third-order valence-electron chi connectivity index (χ3n) is 4.28. The van der Waals surface area contributed by atoms with E-state index in [1.165, 1.54) is 0 Å². The summed E-state index contributed by atoms with van der Waals surface area (Å²) in [5.74, 6) is 1.07. The van der Waals surface area contributed by atoms with Crippen molar-refractivity contribution in [1.82, 2.24) is 15.0 Å². The number of aromatic nitrogens is 3. The van der Waals surface area contributed by atoms with Crippen LogP contribution in [0.3, 0.4) is 0 Å². The van der Waals surface area contributed by atoms with Crippen molar-refractivity contribution in [2.45, 2.75) is 0 Å². The van der Waals surface area contributed by atoms with Crippen LogP contribution >= 0.6 is 11.6 Å². The van der Waals surface area contributed by atoms with Crippen molar-refractivity contribution in [2.75, 3.05) is 0 Å². The molecule has 0 saturated carbocycles. The second kappa shape index (κ2) is 5.93. The molecule has 2 heterocycles. The maximum atomic E-state index is 6.15. The lowest BCUT2D eigenvalue weighted by molar-refractivity contribution is 0.669. The summed E-state index contributed by atoms with van der Waals surface area (Å²) in [6, 6.07) is 23.6. The SMILES string of the molecule is Clc1nc(-c2ccccc2)nc(-c2ccc3c(c2)oc2ccccc23)n1. The molecule has 2 aromatic heterocycles. The molecule has 0 radical (unpaired) electrons. The highest BCUT2D eigenvalue weighted by Gasteiger charge is 2.12. The molecule has 26 heavy (non-hydrogen) atoms. The van der Waals surface area contributed by atoms with Gasteiger partial charge in [-0.15, -0.1) is 0 Å². The summed E-state index contributed by atoms with van der Waals surface area (Å²) in [6.45, 7) is 0. The first-order valence-corrected chi connectivity index (χ1v) is 8.54. The summed E-state index contributed by atoms with van der Waals surface area (Å²) in [5.41, 5.74) is 3.38. The van der Waals surface area contributed by atoms with Crippen molar-refractivity contribution in [3.63, 3.8) is 0 Å². The van der Waals surface area contributed by atoms with E-state index in [4.69, 9.17) is 16.0 Å². The Morgan fingerprint density at radius 2 is 1.31 bits per heavy atom. The van der Waals surface area contributed by atoms with Gasteiger partial charge >= 0.3 is 0 Å². The fourth-order valence-electron chi connectivity index (χ4n) is 3.06. The summed E-state index contributed by atoms with van der Waals surface area (Å²) < 4.78 is 5.96. The predicted octanol–water partition coefficient (Wildman–Crippen LogP) is 5.76. The first kappa shape index (κ1) is 15.0. The number of fused-ring (bicyclic) bond motifs is 3. The first-order chi connectivity index (χ1) is 12.8. The van der Waals surface area contributed by atoms with Gasteiger partial charge in [-0.2, -0.15) is 9.97 Å². The predicted molar refractivity (Wildman–Crippen MR) is 103 cm³/mol. The zero-order valence-electron chi connectivity index (χ0n) is 13.6. The number of benzene rings is 3. The van der Waals surface area contributed by atoms with Crippen LogP contribution in [0.4, 0.5) is 0 Å². The molecule has 3 aromatic carbocycles. The summed E-state index contributed by atoms with van der Waals surface area (Å²) in [4.78, 5) is 13.1. The Labute approximate surface area is 154 Å². The Bertz CT molecular complexity index is 1250. The zero-order chi connectivity index (χ0) is 17.5. The van der Waals surface area contributed by atoms with E-state index in [1.807, 2.05) is 72.8 Å². The van der Waals surface area contributed by atoms with Gasteiger partial charge in [0.2, 0.25) is 5.28 Å². The van der Waals surface area contributed by atoms with Crippen LogP contribution in [0.2, 0.25) is 5.28 Å².